The minimum Gasteiger partial charge on any atom is -0.383 e. The monoisotopic (exact) mass is 455 g/mol. The number of aromatic amines is 1. The molecule has 3 rings (SSSR count). The van der Waals surface area contributed by atoms with Crippen LogP contribution in [0.4, 0.5) is 11.5 Å². The lowest BCUT2D eigenvalue weighted by atomic mass is 10.2. The summed E-state index contributed by atoms with van der Waals surface area (Å²) in [6, 6.07) is 16.6. The second-order valence-corrected chi connectivity index (χ2v) is 7.94. The van der Waals surface area contributed by atoms with Crippen LogP contribution in [0.1, 0.15) is 18.1 Å². The summed E-state index contributed by atoms with van der Waals surface area (Å²) in [7, 11) is 1.81. The van der Waals surface area contributed by atoms with E-state index in [9.17, 15) is 14.4 Å². The van der Waals surface area contributed by atoms with Crippen LogP contribution in [0.15, 0.2) is 64.2 Å². The van der Waals surface area contributed by atoms with E-state index in [1.165, 1.54) is 9.47 Å². The van der Waals surface area contributed by atoms with Gasteiger partial charge >= 0.3 is 5.69 Å². The topological polar surface area (TPSA) is 104 Å². The summed E-state index contributed by atoms with van der Waals surface area (Å²) in [6.45, 7) is 2.75. The van der Waals surface area contributed by atoms with E-state index in [2.05, 4.69) is 4.98 Å². The van der Waals surface area contributed by atoms with E-state index in [0.717, 1.165) is 11.1 Å². The Hall–Kier alpha value is -3.36. The first-order chi connectivity index (χ1) is 15.3. The molecule has 0 atom stereocenters. The molecule has 9 heteroatoms. The zero-order valence-electron chi connectivity index (χ0n) is 18.0. The summed E-state index contributed by atoms with van der Waals surface area (Å²) in [6.07, 6.45) is 0. The zero-order chi connectivity index (χ0) is 23.3. The summed E-state index contributed by atoms with van der Waals surface area (Å²) in [5.74, 6) is -0.343. The largest absolute Gasteiger partial charge is 0.383 e. The van der Waals surface area contributed by atoms with Gasteiger partial charge < -0.3 is 10.6 Å². The van der Waals surface area contributed by atoms with Crippen LogP contribution in [-0.4, -0.2) is 40.5 Å². The lowest BCUT2D eigenvalue weighted by Gasteiger charge is -2.25. The molecule has 0 radical (unpaired) electrons. The highest BCUT2D eigenvalue weighted by Crippen LogP contribution is 2.18. The molecule has 0 aliphatic heterocycles. The van der Waals surface area contributed by atoms with Gasteiger partial charge in [0.1, 0.15) is 5.82 Å². The maximum absolute atomic E-state index is 13.1. The van der Waals surface area contributed by atoms with Gasteiger partial charge in [-0.3, -0.25) is 24.0 Å². The molecule has 1 aromatic heterocycles. The molecule has 1 amide bonds. The minimum absolute atomic E-state index is 0.0204. The molecule has 0 fully saturated rings. The summed E-state index contributed by atoms with van der Waals surface area (Å²) in [5, 5.41) is 0.643. The van der Waals surface area contributed by atoms with Gasteiger partial charge in [-0.1, -0.05) is 54.1 Å². The number of nitrogens with one attached hydrogen (secondary N) is 1. The van der Waals surface area contributed by atoms with Crippen LogP contribution >= 0.6 is 11.6 Å². The maximum Gasteiger partial charge on any atom is 0.330 e. The molecule has 0 saturated heterocycles. The third-order valence-corrected chi connectivity index (χ3v) is 5.31. The zero-order valence-corrected chi connectivity index (χ0v) is 18.8. The highest BCUT2D eigenvalue weighted by Gasteiger charge is 2.24. The number of hydrogen-bond donors (Lipinski definition) is 2. The van der Waals surface area contributed by atoms with Gasteiger partial charge in [0.25, 0.3) is 5.56 Å². The van der Waals surface area contributed by atoms with Gasteiger partial charge in [-0.15, -0.1) is 0 Å². The molecule has 3 N–H and O–H groups in total. The van der Waals surface area contributed by atoms with Crippen molar-refractivity contribution < 1.29 is 4.79 Å². The molecule has 2 aromatic carbocycles. The van der Waals surface area contributed by atoms with E-state index < -0.39 is 11.2 Å². The van der Waals surface area contributed by atoms with Gasteiger partial charge in [0, 0.05) is 18.1 Å². The number of rotatable bonds is 8. The third-order valence-electron chi connectivity index (χ3n) is 5.06. The van der Waals surface area contributed by atoms with Crippen LogP contribution in [-0.2, 0) is 17.9 Å². The summed E-state index contributed by atoms with van der Waals surface area (Å²) >= 11 is 5.92. The molecule has 0 aliphatic carbocycles. The number of carbonyl (C=O) groups excluding carboxylic acids is 1. The number of benzene rings is 2. The van der Waals surface area contributed by atoms with Gasteiger partial charge in [-0.25, -0.2) is 4.79 Å². The number of nitrogens with two attached hydrogens (primary N) is 1. The van der Waals surface area contributed by atoms with Crippen LogP contribution in [0.25, 0.3) is 0 Å². The molecule has 3 aromatic rings. The van der Waals surface area contributed by atoms with Crippen molar-refractivity contribution in [3.63, 3.8) is 0 Å². The number of amides is 1. The fourth-order valence-corrected chi connectivity index (χ4v) is 3.62. The fourth-order valence-electron chi connectivity index (χ4n) is 3.49. The van der Waals surface area contributed by atoms with Crippen molar-refractivity contribution in [3.8, 4) is 0 Å². The van der Waals surface area contributed by atoms with Gasteiger partial charge in [0.05, 0.1) is 13.1 Å². The van der Waals surface area contributed by atoms with Crippen molar-refractivity contribution in [1.29, 1.82) is 0 Å². The number of halogens is 1. The molecule has 32 heavy (non-hydrogen) atoms. The smallest absolute Gasteiger partial charge is 0.330 e. The first-order valence-electron chi connectivity index (χ1n) is 10.2. The Morgan fingerprint density at radius 1 is 1.06 bits per heavy atom. The van der Waals surface area contributed by atoms with Crippen LogP contribution < -0.4 is 21.9 Å². The maximum atomic E-state index is 13.1. The highest BCUT2D eigenvalue weighted by molar-refractivity contribution is 6.30. The molecule has 0 aliphatic rings. The molecule has 8 nitrogen and oxygen atoms in total. The molecule has 0 saturated carbocycles. The van der Waals surface area contributed by atoms with Gasteiger partial charge in [-0.2, -0.15) is 0 Å². The van der Waals surface area contributed by atoms with Crippen LogP contribution in [0, 0.1) is 0 Å². The van der Waals surface area contributed by atoms with E-state index in [1.54, 1.807) is 19.1 Å². The van der Waals surface area contributed by atoms with Crippen molar-refractivity contribution in [1.82, 2.24) is 14.5 Å². The normalized spacial score (nSPS) is 11.0. The van der Waals surface area contributed by atoms with Crippen molar-refractivity contribution in [2.75, 3.05) is 30.8 Å². The van der Waals surface area contributed by atoms with Crippen LogP contribution in [0.3, 0.4) is 0 Å². The Bertz CT molecular complexity index is 1190. The van der Waals surface area contributed by atoms with E-state index >= 15 is 0 Å². The predicted molar refractivity (Wildman–Crippen MR) is 127 cm³/mol. The van der Waals surface area contributed by atoms with Gasteiger partial charge in [0.15, 0.2) is 5.69 Å². The lowest BCUT2D eigenvalue weighted by Crippen LogP contribution is -2.44. The van der Waals surface area contributed by atoms with Crippen molar-refractivity contribution in [3.05, 3.63) is 91.6 Å². The SMILES string of the molecule is CCN(C(=O)CN(C)Cc1ccc(Cl)cc1)c1c(N)n(Cc2ccccc2)c(=O)[nH]c1=O. The Labute approximate surface area is 190 Å². The summed E-state index contributed by atoms with van der Waals surface area (Å²) < 4.78 is 1.26. The Balaban J connectivity index is 1.84. The highest BCUT2D eigenvalue weighted by atomic mass is 35.5. The molecule has 0 spiro atoms. The van der Waals surface area contributed by atoms with E-state index in [0.29, 0.717) is 11.6 Å². The fraction of sp³-hybridized carbons (Fsp3) is 0.261. The molecule has 0 unspecified atom stereocenters. The third kappa shape index (κ3) is 5.46. The summed E-state index contributed by atoms with van der Waals surface area (Å²) in [4.78, 5) is 43.5. The second-order valence-electron chi connectivity index (χ2n) is 7.50. The number of carbonyl (C=O) groups is 1. The minimum atomic E-state index is -0.688. The average Bonchev–Trinajstić information content (AvgIpc) is 2.76. The number of aromatic nitrogens is 2. The molecular formula is C23H26ClN5O3. The quantitative estimate of drug-likeness (QED) is 0.542. The molecule has 0 bridgehead atoms. The first-order valence-corrected chi connectivity index (χ1v) is 10.6. The number of nitrogens with zero attached hydrogens (tertiary/aromatic N) is 3. The number of hydrogen-bond acceptors (Lipinski definition) is 5. The number of likely N-dealkylation sites (N-methyl/N-ethyl adjacent to an activating group) is 2. The van der Waals surface area contributed by atoms with E-state index in [-0.39, 0.29) is 37.0 Å². The van der Waals surface area contributed by atoms with Gasteiger partial charge in [0.2, 0.25) is 5.91 Å². The first kappa shape index (κ1) is 23.3. The molecular weight excluding hydrogens is 430 g/mol. The average molecular weight is 456 g/mol. The van der Waals surface area contributed by atoms with E-state index in [4.69, 9.17) is 17.3 Å². The van der Waals surface area contributed by atoms with Crippen molar-refractivity contribution in [2.24, 2.45) is 0 Å². The number of H-pyrrole nitrogens is 1. The lowest BCUT2D eigenvalue weighted by molar-refractivity contribution is -0.119. The standard InChI is InChI=1S/C23H26ClN5O3/c1-3-28(19(30)15-27(2)13-17-9-11-18(24)12-10-17)20-21(25)29(23(32)26-22(20)31)14-16-7-5-4-6-8-16/h4-12H,3,13-15,25H2,1-2H3,(H,26,31,32). The predicted octanol–water partition coefficient (Wildman–Crippen LogP) is 2.31. The second kappa shape index (κ2) is 10.3. The Morgan fingerprint density at radius 3 is 2.34 bits per heavy atom. The Morgan fingerprint density at radius 2 is 1.72 bits per heavy atom. The Kier molecular flexibility index (Phi) is 7.50. The van der Waals surface area contributed by atoms with E-state index in [1.807, 2.05) is 54.4 Å². The molecule has 168 valence electrons. The summed E-state index contributed by atoms with van der Waals surface area (Å²) in [5.41, 5.74) is 6.75. The number of anilines is 2. The van der Waals surface area contributed by atoms with Crippen molar-refractivity contribution in [2.45, 2.75) is 20.0 Å². The number of nitrogen functional groups attached to an aromatic ring is 1. The molecule has 1 heterocycles. The van der Waals surface area contributed by atoms with Gasteiger partial charge in [-0.05, 0) is 37.2 Å². The van der Waals surface area contributed by atoms with Crippen LogP contribution in [0.2, 0.25) is 5.02 Å². The van der Waals surface area contributed by atoms with Crippen molar-refractivity contribution >= 4 is 29.0 Å². The van der Waals surface area contributed by atoms with Crippen LogP contribution in [0.5, 0.6) is 0 Å².